The molecule has 2 aliphatic rings. The number of benzene rings is 1. The molecule has 0 saturated carbocycles. The van der Waals surface area contributed by atoms with E-state index in [9.17, 15) is 4.79 Å². The van der Waals surface area contributed by atoms with E-state index >= 15 is 0 Å². The lowest BCUT2D eigenvalue weighted by Gasteiger charge is -2.36. The largest absolute Gasteiger partial charge is 0.496 e. The molecular formula is C18H28Cl3N3O2S. The molecule has 2 aliphatic heterocycles. The fourth-order valence-corrected chi connectivity index (χ4v) is 4.50. The Morgan fingerprint density at radius 1 is 1.30 bits per heavy atom. The Labute approximate surface area is 183 Å². The summed E-state index contributed by atoms with van der Waals surface area (Å²) >= 11 is 8.05. The zero-order valence-corrected chi connectivity index (χ0v) is 18.7. The lowest BCUT2D eigenvalue weighted by atomic mass is 10.1. The number of methoxy groups -OCH3 is 1. The van der Waals surface area contributed by atoms with Crippen molar-refractivity contribution >= 4 is 54.1 Å². The van der Waals surface area contributed by atoms with Crippen LogP contribution in [0.1, 0.15) is 12.0 Å². The second kappa shape index (κ2) is 12.2. The fraction of sp³-hybridized carbons (Fsp3) is 0.611. The normalized spacial score (nSPS) is 20.4. The first-order valence-electron chi connectivity index (χ1n) is 8.79. The van der Waals surface area contributed by atoms with Crippen molar-refractivity contribution in [3.8, 4) is 5.75 Å². The molecule has 3 rings (SSSR count). The SMILES string of the molecule is COc1ccc(Cl)cc1CN1CCN(C(=O)CC2CSCCN2)CC1.Cl.Cl. The molecule has 1 amide bonds. The second-order valence-electron chi connectivity index (χ2n) is 6.54. The number of carbonyl (C=O) groups excluding carboxylic acids is 1. The fourth-order valence-electron chi connectivity index (χ4n) is 3.36. The Morgan fingerprint density at radius 3 is 2.67 bits per heavy atom. The number of halogens is 3. The molecule has 1 aromatic carbocycles. The van der Waals surface area contributed by atoms with Gasteiger partial charge in [0.1, 0.15) is 5.75 Å². The number of ether oxygens (including phenoxy) is 1. The number of nitrogens with zero attached hydrogens (tertiary/aromatic N) is 2. The van der Waals surface area contributed by atoms with Gasteiger partial charge in [0.25, 0.3) is 0 Å². The molecule has 1 N–H and O–H groups in total. The molecule has 2 fully saturated rings. The van der Waals surface area contributed by atoms with Crippen molar-refractivity contribution in [2.75, 3.05) is 51.3 Å². The lowest BCUT2D eigenvalue weighted by molar-refractivity contribution is -0.133. The van der Waals surface area contributed by atoms with E-state index in [1.807, 2.05) is 34.9 Å². The van der Waals surface area contributed by atoms with E-state index in [4.69, 9.17) is 16.3 Å². The number of hydrogen-bond acceptors (Lipinski definition) is 5. The lowest BCUT2D eigenvalue weighted by Crippen LogP contribution is -2.50. The first-order chi connectivity index (χ1) is 12.2. The van der Waals surface area contributed by atoms with Gasteiger partial charge in [-0.2, -0.15) is 11.8 Å². The van der Waals surface area contributed by atoms with Crippen molar-refractivity contribution in [1.29, 1.82) is 0 Å². The summed E-state index contributed by atoms with van der Waals surface area (Å²) in [5.41, 5.74) is 1.10. The van der Waals surface area contributed by atoms with Crippen molar-refractivity contribution < 1.29 is 9.53 Å². The molecule has 0 aliphatic carbocycles. The van der Waals surface area contributed by atoms with E-state index in [1.165, 1.54) is 0 Å². The van der Waals surface area contributed by atoms with Gasteiger partial charge in [0, 0.05) is 73.8 Å². The van der Waals surface area contributed by atoms with Crippen LogP contribution in [0, 0.1) is 0 Å². The highest BCUT2D eigenvalue weighted by Gasteiger charge is 2.24. The number of nitrogens with one attached hydrogen (secondary N) is 1. The van der Waals surface area contributed by atoms with Crippen LogP contribution in [0.5, 0.6) is 5.75 Å². The van der Waals surface area contributed by atoms with Crippen LogP contribution in [0.15, 0.2) is 18.2 Å². The minimum atomic E-state index is 0. The third-order valence-corrected chi connectivity index (χ3v) is 6.15. The third-order valence-electron chi connectivity index (χ3n) is 4.78. The smallest absolute Gasteiger partial charge is 0.224 e. The summed E-state index contributed by atoms with van der Waals surface area (Å²) in [7, 11) is 1.68. The van der Waals surface area contributed by atoms with Crippen LogP contribution in [-0.4, -0.2) is 73.1 Å². The minimum Gasteiger partial charge on any atom is -0.496 e. The van der Waals surface area contributed by atoms with Gasteiger partial charge in [0.05, 0.1) is 7.11 Å². The van der Waals surface area contributed by atoms with Crippen molar-refractivity contribution in [1.82, 2.24) is 15.1 Å². The molecule has 0 spiro atoms. The Balaban J connectivity index is 0.00000182. The summed E-state index contributed by atoms with van der Waals surface area (Å²) in [6.45, 7) is 5.16. The Bertz CT molecular complexity index is 595. The zero-order chi connectivity index (χ0) is 17.6. The number of hydrogen-bond donors (Lipinski definition) is 1. The first kappa shape index (κ1) is 24.7. The van der Waals surface area contributed by atoms with Gasteiger partial charge in [-0.15, -0.1) is 24.8 Å². The van der Waals surface area contributed by atoms with Crippen LogP contribution in [0.3, 0.4) is 0 Å². The van der Waals surface area contributed by atoms with Crippen LogP contribution < -0.4 is 10.1 Å². The van der Waals surface area contributed by atoms with Gasteiger partial charge >= 0.3 is 0 Å². The molecule has 27 heavy (non-hydrogen) atoms. The van der Waals surface area contributed by atoms with E-state index in [0.29, 0.717) is 12.5 Å². The highest BCUT2D eigenvalue weighted by Crippen LogP contribution is 2.24. The zero-order valence-electron chi connectivity index (χ0n) is 15.5. The summed E-state index contributed by atoms with van der Waals surface area (Å²) < 4.78 is 5.43. The highest BCUT2D eigenvalue weighted by atomic mass is 35.5. The summed E-state index contributed by atoms with van der Waals surface area (Å²) in [6.07, 6.45) is 0.620. The van der Waals surface area contributed by atoms with Crippen LogP contribution in [0.4, 0.5) is 0 Å². The second-order valence-corrected chi connectivity index (χ2v) is 8.13. The number of carbonyl (C=O) groups is 1. The van der Waals surface area contributed by atoms with Crippen LogP contribution in [0.25, 0.3) is 0 Å². The van der Waals surface area contributed by atoms with Gasteiger partial charge < -0.3 is 15.0 Å². The van der Waals surface area contributed by atoms with Crippen molar-refractivity contribution in [2.24, 2.45) is 0 Å². The average molecular weight is 457 g/mol. The van der Waals surface area contributed by atoms with Crippen LogP contribution >= 0.6 is 48.2 Å². The van der Waals surface area contributed by atoms with Crippen molar-refractivity contribution in [3.05, 3.63) is 28.8 Å². The first-order valence-corrected chi connectivity index (χ1v) is 10.3. The summed E-state index contributed by atoms with van der Waals surface area (Å²) in [6, 6.07) is 6.05. The number of amides is 1. The van der Waals surface area contributed by atoms with Gasteiger partial charge in [0.2, 0.25) is 5.91 Å². The topological polar surface area (TPSA) is 44.8 Å². The van der Waals surface area contributed by atoms with Gasteiger partial charge in [-0.1, -0.05) is 11.6 Å². The van der Waals surface area contributed by atoms with E-state index in [0.717, 1.165) is 67.1 Å². The predicted octanol–water partition coefficient (Wildman–Crippen LogP) is 2.93. The quantitative estimate of drug-likeness (QED) is 0.738. The molecular weight excluding hydrogens is 429 g/mol. The highest BCUT2D eigenvalue weighted by molar-refractivity contribution is 7.99. The molecule has 2 heterocycles. The molecule has 154 valence electrons. The van der Waals surface area contributed by atoms with Gasteiger partial charge in [-0.25, -0.2) is 0 Å². The molecule has 1 unspecified atom stereocenters. The molecule has 5 nitrogen and oxygen atoms in total. The number of piperazine rings is 1. The Morgan fingerprint density at radius 2 is 2.04 bits per heavy atom. The Kier molecular flexibility index (Phi) is 11.2. The maximum Gasteiger partial charge on any atom is 0.224 e. The molecule has 9 heteroatoms. The maximum absolute atomic E-state index is 12.5. The monoisotopic (exact) mass is 455 g/mol. The van der Waals surface area contributed by atoms with Gasteiger partial charge in [-0.05, 0) is 18.2 Å². The van der Waals surface area contributed by atoms with E-state index < -0.39 is 0 Å². The summed E-state index contributed by atoms with van der Waals surface area (Å²) in [5.74, 6) is 3.33. The van der Waals surface area contributed by atoms with Crippen molar-refractivity contribution in [2.45, 2.75) is 19.0 Å². The van der Waals surface area contributed by atoms with Crippen LogP contribution in [0.2, 0.25) is 5.02 Å². The molecule has 0 aromatic heterocycles. The third kappa shape index (κ3) is 7.18. The minimum absolute atomic E-state index is 0. The van der Waals surface area contributed by atoms with E-state index in [-0.39, 0.29) is 30.7 Å². The number of thioether (sulfide) groups is 1. The number of rotatable bonds is 5. The molecule has 2 saturated heterocycles. The standard InChI is InChI=1S/C18H26ClN3O2S.2ClH/c1-24-17-3-2-15(19)10-14(17)12-21-5-7-22(8-6-21)18(23)11-16-13-25-9-4-20-16;;/h2-3,10,16,20H,4-9,11-13H2,1H3;2*1H. The van der Waals surface area contributed by atoms with Gasteiger partial charge in [0.15, 0.2) is 0 Å². The van der Waals surface area contributed by atoms with Crippen molar-refractivity contribution in [3.63, 3.8) is 0 Å². The van der Waals surface area contributed by atoms with Crippen LogP contribution in [-0.2, 0) is 11.3 Å². The maximum atomic E-state index is 12.5. The molecule has 0 bridgehead atoms. The van der Waals surface area contributed by atoms with E-state index in [2.05, 4.69) is 10.2 Å². The molecule has 0 radical (unpaired) electrons. The van der Waals surface area contributed by atoms with E-state index in [1.54, 1.807) is 7.11 Å². The predicted molar refractivity (Wildman–Crippen MR) is 118 cm³/mol. The molecule has 1 atom stereocenters. The Hall–Kier alpha value is -0.370. The molecule has 1 aromatic rings. The average Bonchev–Trinajstić information content (AvgIpc) is 2.63. The summed E-state index contributed by atoms with van der Waals surface area (Å²) in [4.78, 5) is 16.9. The van der Waals surface area contributed by atoms with Gasteiger partial charge in [-0.3, -0.25) is 9.69 Å². The summed E-state index contributed by atoms with van der Waals surface area (Å²) in [5, 5.41) is 4.17.